The van der Waals surface area contributed by atoms with Crippen LogP contribution in [0.5, 0.6) is 0 Å². The van der Waals surface area contributed by atoms with Crippen LogP contribution in [0.4, 0.5) is 5.69 Å². The quantitative estimate of drug-likeness (QED) is 0.893. The van der Waals surface area contributed by atoms with Crippen LogP contribution in [0.25, 0.3) is 0 Å². The first-order valence-electron chi connectivity index (χ1n) is 8.03. The minimum Gasteiger partial charge on any atom is -0.364 e. The Bertz CT molecular complexity index is 433. The number of hydrogen-bond acceptors (Lipinski definition) is 2. The molecule has 0 saturated carbocycles. The lowest BCUT2D eigenvalue weighted by atomic mass is 9.94. The van der Waals surface area contributed by atoms with Crippen molar-refractivity contribution in [3.05, 3.63) is 29.8 Å². The summed E-state index contributed by atoms with van der Waals surface area (Å²) in [5.41, 5.74) is 3.15. The Hall–Kier alpha value is -1.02. The third-order valence-corrected chi connectivity index (χ3v) is 4.31. The highest BCUT2D eigenvalue weighted by Gasteiger charge is 2.28. The van der Waals surface area contributed by atoms with E-state index >= 15 is 0 Å². The zero-order chi connectivity index (χ0) is 14.8. The Labute approximate surface area is 124 Å². The Morgan fingerprint density at radius 2 is 2.00 bits per heavy atom. The second kappa shape index (κ2) is 6.17. The van der Waals surface area contributed by atoms with E-state index in [1.54, 1.807) is 0 Å². The molecule has 2 heteroatoms. The molecule has 2 unspecified atom stereocenters. The van der Waals surface area contributed by atoms with Gasteiger partial charge in [0.25, 0.3) is 0 Å². The molecule has 0 radical (unpaired) electrons. The molecule has 1 aromatic carbocycles. The zero-order valence-electron chi connectivity index (χ0n) is 13.7. The van der Waals surface area contributed by atoms with Crippen LogP contribution in [0.15, 0.2) is 24.3 Å². The SMILES string of the molecule is CCC(CNC(C)(C)C)N1c2ccccc2CCC1C. The molecule has 0 fully saturated rings. The molecule has 0 aromatic heterocycles. The van der Waals surface area contributed by atoms with Gasteiger partial charge in [-0.2, -0.15) is 0 Å². The van der Waals surface area contributed by atoms with Gasteiger partial charge in [-0.3, -0.25) is 0 Å². The van der Waals surface area contributed by atoms with E-state index in [4.69, 9.17) is 0 Å². The van der Waals surface area contributed by atoms with Gasteiger partial charge in [0.1, 0.15) is 0 Å². The van der Waals surface area contributed by atoms with Crippen LogP contribution in [0.3, 0.4) is 0 Å². The number of anilines is 1. The van der Waals surface area contributed by atoms with E-state index < -0.39 is 0 Å². The molecule has 0 spiro atoms. The zero-order valence-corrected chi connectivity index (χ0v) is 13.7. The second-order valence-electron chi connectivity index (χ2n) is 7.12. The maximum atomic E-state index is 3.68. The highest BCUT2D eigenvalue weighted by Crippen LogP contribution is 2.32. The number of nitrogens with zero attached hydrogens (tertiary/aromatic N) is 1. The summed E-state index contributed by atoms with van der Waals surface area (Å²) in [7, 11) is 0. The lowest BCUT2D eigenvalue weighted by molar-refractivity contribution is 0.375. The summed E-state index contributed by atoms with van der Waals surface area (Å²) in [6.07, 6.45) is 3.67. The third-order valence-electron chi connectivity index (χ3n) is 4.31. The molecule has 1 aliphatic rings. The van der Waals surface area contributed by atoms with E-state index in [0.717, 1.165) is 6.54 Å². The molecule has 2 atom stereocenters. The van der Waals surface area contributed by atoms with Gasteiger partial charge in [-0.15, -0.1) is 0 Å². The third kappa shape index (κ3) is 3.54. The average Bonchev–Trinajstić information content (AvgIpc) is 2.40. The van der Waals surface area contributed by atoms with Crippen molar-refractivity contribution >= 4 is 5.69 Å². The van der Waals surface area contributed by atoms with Crippen LogP contribution in [0.1, 0.15) is 53.0 Å². The van der Waals surface area contributed by atoms with Crippen molar-refractivity contribution in [2.45, 2.75) is 71.5 Å². The van der Waals surface area contributed by atoms with Crippen molar-refractivity contribution in [3.8, 4) is 0 Å². The van der Waals surface area contributed by atoms with Gasteiger partial charge in [-0.05, 0) is 58.6 Å². The monoisotopic (exact) mass is 274 g/mol. The predicted molar refractivity (Wildman–Crippen MR) is 88.5 cm³/mol. The van der Waals surface area contributed by atoms with E-state index in [0.29, 0.717) is 12.1 Å². The van der Waals surface area contributed by atoms with E-state index in [1.807, 2.05) is 0 Å². The first kappa shape index (κ1) is 15.4. The number of benzene rings is 1. The van der Waals surface area contributed by atoms with E-state index in [-0.39, 0.29) is 5.54 Å². The van der Waals surface area contributed by atoms with Crippen molar-refractivity contribution in [2.75, 3.05) is 11.4 Å². The molecule has 1 heterocycles. The Morgan fingerprint density at radius 1 is 1.30 bits per heavy atom. The minimum atomic E-state index is 0.186. The van der Waals surface area contributed by atoms with Gasteiger partial charge in [-0.1, -0.05) is 25.1 Å². The smallest absolute Gasteiger partial charge is 0.0415 e. The molecular formula is C18H30N2. The summed E-state index contributed by atoms with van der Waals surface area (Å²) >= 11 is 0. The molecular weight excluding hydrogens is 244 g/mol. The lowest BCUT2D eigenvalue weighted by Gasteiger charge is -2.43. The molecule has 0 saturated heterocycles. The van der Waals surface area contributed by atoms with E-state index in [9.17, 15) is 0 Å². The molecule has 20 heavy (non-hydrogen) atoms. The average molecular weight is 274 g/mol. The summed E-state index contributed by atoms with van der Waals surface area (Å²) in [6.45, 7) is 12.5. The summed E-state index contributed by atoms with van der Waals surface area (Å²) in [5, 5.41) is 3.68. The number of nitrogens with one attached hydrogen (secondary N) is 1. The topological polar surface area (TPSA) is 15.3 Å². The maximum Gasteiger partial charge on any atom is 0.0415 e. The summed E-state index contributed by atoms with van der Waals surface area (Å²) in [5.74, 6) is 0. The van der Waals surface area contributed by atoms with Crippen LogP contribution < -0.4 is 10.2 Å². The standard InChI is InChI=1S/C18H30N2/c1-6-16(13-19-18(3,4)5)20-14(2)11-12-15-9-7-8-10-17(15)20/h7-10,14,16,19H,6,11-13H2,1-5H3. The van der Waals surface area contributed by atoms with Crippen molar-refractivity contribution in [1.29, 1.82) is 0 Å². The molecule has 1 aromatic rings. The van der Waals surface area contributed by atoms with Crippen molar-refractivity contribution in [1.82, 2.24) is 5.32 Å². The lowest BCUT2D eigenvalue weighted by Crippen LogP contribution is -2.52. The highest BCUT2D eigenvalue weighted by atomic mass is 15.2. The van der Waals surface area contributed by atoms with Crippen molar-refractivity contribution in [3.63, 3.8) is 0 Å². The van der Waals surface area contributed by atoms with Gasteiger partial charge in [0, 0.05) is 29.9 Å². The summed E-state index contributed by atoms with van der Waals surface area (Å²) in [6, 6.07) is 10.1. The summed E-state index contributed by atoms with van der Waals surface area (Å²) < 4.78 is 0. The molecule has 2 rings (SSSR count). The van der Waals surface area contributed by atoms with Gasteiger partial charge in [0.15, 0.2) is 0 Å². The predicted octanol–water partition coefficient (Wildman–Crippen LogP) is 3.99. The normalized spacial score (nSPS) is 20.6. The number of fused-ring (bicyclic) bond motifs is 1. The molecule has 1 N–H and O–H groups in total. The fraction of sp³-hybridized carbons (Fsp3) is 0.667. The molecule has 112 valence electrons. The van der Waals surface area contributed by atoms with Gasteiger partial charge in [0.2, 0.25) is 0 Å². The van der Waals surface area contributed by atoms with E-state index in [1.165, 1.54) is 30.5 Å². The van der Waals surface area contributed by atoms with Crippen LogP contribution in [0.2, 0.25) is 0 Å². The highest BCUT2D eigenvalue weighted by molar-refractivity contribution is 5.57. The molecule has 0 amide bonds. The fourth-order valence-electron chi connectivity index (χ4n) is 3.13. The Kier molecular flexibility index (Phi) is 4.74. The maximum absolute atomic E-state index is 3.68. The summed E-state index contributed by atoms with van der Waals surface area (Å²) in [4.78, 5) is 2.65. The van der Waals surface area contributed by atoms with E-state index in [2.05, 4.69) is 69.1 Å². The number of para-hydroxylation sites is 1. The first-order valence-corrected chi connectivity index (χ1v) is 8.03. The fourth-order valence-corrected chi connectivity index (χ4v) is 3.13. The largest absolute Gasteiger partial charge is 0.364 e. The van der Waals surface area contributed by atoms with Gasteiger partial charge < -0.3 is 10.2 Å². The number of hydrogen-bond donors (Lipinski definition) is 1. The van der Waals surface area contributed by atoms with Crippen molar-refractivity contribution in [2.24, 2.45) is 0 Å². The Balaban J connectivity index is 2.20. The molecule has 2 nitrogen and oxygen atoms in total. The van der Waals surface area contributed by atoms with Gasteiger partial charge in [-0.25, -0.2) is 0 Å². The number of aryl methyl sites for hydroxylation is 1. The Morgan fingerprint density at radius 3 is 2.65 bits per heavy atom. The number of rotatable bonds is 4. The second-order valence-corrected chi connectivity index (χ2v) is 7.12. The van der Waals surface area contributed by atoms with Crippen molar-refractivity contribution < 1.29 is 0 Å². The molecule has 0 aliphatic carbocycles. The van der Waals surface area contributed by atoms with Crippen LogP contribution in [-0.2, 0) is 6.42 Å². The molecule has 1 aliphatic heterocycles. The van der Waals surface area contributed by atoms with Crippen LogP contribution >= 0.6 is 0 Å². The minimum absolute atomic E-state index is 0.186. The van der Waals surface area contributed by atoms with Crippen LogP contribution in [0, 0.1) is 0 Å². The molecule has 0 bridgehead atoms. The van der Waals surface area contributed by atoms with Gasteiger partial charge >= 0.3 is 0 Å². The first-order chi connectivity index (χ1) is 9.42. The van der Waals surface area contributed by atoms with Gasteiger partial charge in [0.05, 0.1) is 0 Å². The van der Waals surface area contributed by atoms with Crippen LogP contribution in [-0.4, -0.2) is 24.2 Å².